The van der Waals surface area contributed by atoms with Gasteiger partial charge in [-0.25, -0.2) is 0 Å². The van der Waals surface area contributed by atoms with Crippen LogP contribution in [0.2, 0.25) is 0 Å². The van der Waals surface area contributed by atoms with Crippen molar-refractivity contribution in [3.8, 4) is 0 Å². The van der Waals surface area contributed by atoms with E-state index in [9.17, 15) is 9.90 Å². The molecule has 3 aliphatic rings. The van der Waals surface area contributed by atoms with Crippen molar-refractivity contribution >= 4 is 5.97 Å². The van der Waals surface area contributed by atoms with E-state index in [2.05, 4.69) is 11.8 Å². The van der Waals surface area contributed by atoms with Gasteiger partial charge in [-0.15, -0.1) is 0 Å². The number of nitrogens with zero attached hydrogens (tertiary/aromatic N) is 1. The average molecular weight is 251 g/mol. The molecule has 3 heteroatoms. The molecule has 2 atom stereocenters. The average Bonchev–Trinajstić information content (AvgIpc) is 2.94. The zero-order valence-corrected chi connectivity index (χ0v) is 11.4. The highest BCUT2D eigenvalue weighted by Gasteiger charge is 2.46. The molecule has 0 aromatic rings. The summed E-state index contributed by atoms with van der Waals surface area (Å²) in [5, 5.41) is 9.68. The molecule has 102 valence electrons. The maximum absolute atomic E-state index is 11.8. The number of piperidine rings is 1. The van der Waals surface area contributed by atoms with Crippen LogP contribution in [0.4, 0.5) is 0 Å². The van der Waals surface area contributed by atoms with Crippen LogP contribution in [-0.2, 0) is 4.79 Å². The third-order valence-electron chi connectivity index (χ3n) is 5.71. The number of likely N-dealkylation sites (tertiary alicyclic amines) is 1. The molecule has 0 aromatic carbocycles. The van der Waals surface area contributed by atoms with Crippen molar-refractivity contribution in [2.75, 3.05) is 13.1 Å². The normalized spacial score (nSPS) is 44.4. The molecule has 2 aliphatic carbocycles. The smallest absolute Gasteiger partial charge is 0.310 e. The van der Waals surface area contributed by atoms with Crippen molar-refractivity contribution in [3.63, 3.8) is 0 Å². The monoisotopic (exact) mass is 251 g/mol. The first-order valence-corrected chi connectivity index (χ1v) is 7.56. The van der Waals surface area contributed by atoms with Crippen molar-refractivity contribution in [2.24, 2.45) is 17.3 Å². The lowest BCUT2D eigenvalue weighted by Crippen LogP contribution is -2.47. The molecular weight excluding hydrogens is 226 g/mol. The van der Waals surface area contributed by atoms with Crippen LogP contribution in [0.3, 0.4) is 0 Å². The maximum atomic E-state index is 11.8. The van der Waals surface area contributed by atoms with Crippen LogP contribution in [0, 0.1) is 17.3 Å². The Balaban J connectivity index is 1.69. The molecule has 3 fully saturated rings. The van der Waals surface area contributed by atoms with Crippen molar-refractivity contribution in [2.45, 2.75) is 57.9 Å². The van der Waals surface area contributed by atoms with E-state index >= 15 is 0 Å². The second kappa shape index (κ2) is 4.52. The Morgan fingerprint density at radius 2 is 2.00 bits per heavy atom. The van der Waals surface area contributed by atoms with Gasteiger partial charge in [0.25, 0.3) is 0 Å². The minimum atomic E-state index is -0.544. The zero-order valence-electron chi connectivity index (χ0n) is 11.4. The molecule has 3 nitrogen and oxygen atoms in total. The molecule has 0 aromatic heterocycles. The molecule has 3 rings (SSSR count). The number of carboxylic acid groups (broad SMARTS) is 1. The standard InChI is InChI=1S/C15H25NO2/c1-11-4-6-15(7-5-11,14(17)18)10-16-9-12-2-3-13(16)8-12/h11-13H,2-10H2,1H3,(H,17,18). The van der Waals surface area contributed by atoms with Crippen LogP contribution in [0.25, 0.3) is 0 Å². The predicted molar refractivity (Wildman–Crippen MR) is 70.4 cm³/mol. The number of aliphatic carboxylic acids is 1. The SMILES string of the molecule is CC1CCC(CN2CC3CCC2C3)(C(=O)O)CC1. The highest BCUT2D eigenvalue weighted by Crippen LogP contribution is 2.44. The van der Waals surface area contributed by atoms with Crippen LogP contribution < -0.4 is 0 Å². The van der Waals surface area contributed by atoms with Gasteiger partial charge < -0.3 is 5.11 Å². The lowest BCUT2D eigenvalue weighted by molar-refractivity contribution is -0.153. The second-order valence-corrected chi connectivity index (χ2v) is 7.03. The molecule has 0 radical (unpaired) electrons. The number of hydrogen-bond acceptors (Lipinski definition) is 2. The van der Waals surface area contributed by atoms with Gasteiger partial charge in [-0.3, -0.25) is 9.69 Å². The number of hydrogen-bond donors (Lipinski definition) is 1. The first-order chi connectivity index (χ1) is 8.59. The Morgan fingerprint density at radius 1 is 1.28 bits per heavy atom. The third-order valence-corrected chi connectivity index (χ3v) is 5.71. The summed E-state index contributed by atoms with van der Waals surface area (Å²) in [6.07, 6.45) is 7.96. The van der Waals surface area contributed by atoms with Gasteiger partial charge in [-0.1, -0.05) is 6.92 Å². The zero-order chi connectivity index (χ0) is 12.8. The summed E-state index contributed by atoms with van der Waals surface area (Å²) in [5.41, 5.74) is -0.434. The van der Waals surface area contributed by atoms with Gasteiger partial charge in [0.2, 0.25) is 0 Å². The number of carboxylic acids is 1. The first kappa shape index (κ1) is 12.5. The second-order valence-electron chi connectivity index (χ2n) is 7.03. The van der Waals surface area contributed by atoms with Gasteiger partial charge >= 0.3 is 5.97 Å². The van der Waals surface area contributed by atoms with E-state index in [1.807, 2.05) is 0 Å². The summed E-state index contributed by atoms with van der Waals surface area (Å²) < 4.78 is 0. The molecule has 1 N–H and O–H groups in total. The largest absolute Gasteiger partial charge is 0.481 e. The summed E-state index contributed by atoms with van der Waals surface area (Å²) >= 11 is 0. The van der Waals surface area contributed by atoms with Gasteiger partial charge in [-0.05, 0) is 56.8 Å². The van der Waals surface area contributed by atoms with E-state index in [0.717, 1.165) is 44.7 Å². The Kier molecular flexibility index (Phi) is 3.13. The molecular formula is C15H25NO2. The summed E-state index contributed by atoms with van der Waals surface area (Å²) in [4.78, 5) is 14.2. The summed E-state index contributed by atoms with van der Waals surface area (Å²) in [5.74, 6) is 1.04. The van der Waals surface area contributed by atoms with Gasteiger partial charge in [0.15, 0.2) is 0 Å². The maximum Gasteiger partial charge on any atom is 0.310 e. The van der Waals surface area contributed by atoms with Crippen molar-refractivity contribution < 1.29 is 9.90 Å². The van der Waals surface area contributed by atoms with Crippen LogP contribution in [-0.4, -0.2) is 35.1 Å². The quantitative estimate of drug-likeness (QED) is 0.838. The summed E-state index contributed by atoms with van der Waals surface area (Å²) in [6.45, 7) is 4.23. The predicted octanol–water partition coefficient (Wildman–Crippen LogP) is 2.75. The molecule has 1 saturated heterocycles. The molecule has 1 heterocycles. The van der Waals surface area contributed by atoms with Gasteiger partial charge in [0.1, 0.15) is 0 Å². The van der Waals surface area contributed by atoms with E-state index in [4.69, 9.17) is 0 Å². The first-order valence-electron chi connectivity index (χ1n) is 7.56. The van der Waals surface area contributed by atoms with Crippen LogP contribution in [0.5, 0.6) is 0 Å². The number of carbonyl (C=O) groups is 1. The molecule has 0 amide bonds. The molecule has 18 heavy (non-hydrogen) atoms. The van der Waals surface area contributed by atoms with Crippen LogP contribution >= 0.6 is 0 Å². The van der Waals surface area contributed by atoms with E-state index in [0.29, 0.717) is 12.0 Å². The van der Waals surface area contributed by atoms with Crippen molar-refractivity contribution in [1.29, 1.82) is 0 Å². The van der Waals surface area contributed by atoms with E-state index in [1.165, 1.54) is 19.3 Å². The Morgan fingerprint density at radius 3 is 2.50 bits per heavy atom. The Labute approximate surface area is 110 Å². The Bertz CT molecular complexity index is 333. The Hall–Kier alpha value is -0.570. The number of rotatable bonds is 3. The topological polar surface area (TPSA) is 40.5 Å². The van der Waals surface area contributed by atoms with Gasteiger partial charge in [0.05, 0.1) is 5.41 Å². The third kappa shape index (κ3) is 2.07. The van der Waals surface area contributed by atoms with Crippen LogP contribution in [0.1, 0.15) is 51.9 Å². The highest BCUT2D eigenvalue weighted by atomic mass is 16.4. The van der Waals surface area contributed by atoms with Crippen LogP contribution in [0.15, 0.2) is 0 Å². The van der Waals surface area contributed by atoms with Gasteiger partial charge in [-0.2, -0.15) is 0 Å². The van der Waals surface area contributed by atoms with Crippen molar-refractivity contribution in [3.05, 3.63) is 0 Å². The summed E-state index contributed by atoms with van der Waals surface area (Å²) in [7, 11) is 0. The highest BCUT2D eigenvalue weighted by molar-refractivity contribution is 5.75. The lowest BCUT2D eigenvalue weighted by Gasteiger charge is -2.40. The molecule has 2 bridgehead atoms. The molecule has 0 spiro atoms. The summed E-state index contributed by atoms with van der Waals surface area (Å²) in [6, 6.07) is 0.700. The molecule has 1 aliphatic heterocycles. The van der Waals surface area contributed by atoms with E-state index < -0.39 is 11.4 Å². The minimum Gasteiger partial charge on any atom is -0.481 e. The lowest BCUT2D eigenvalue weighted by atomic mass is 9.70. The number of fused-ring (bicyclic) bond motifs is 2. The minimum absolute atomic E-state index is 0.434. The fraction of sp³-hybridized carbons (Fsp3) is 0.933. The van der Waals surface area contributed by atoms with Gasteiger partial charge in [0, 0.05) is 19.1 Å². The van der Waals surface area contributed by atoms with E-state index in [-0.39, 0.29) is 0 Å². The fourth-order valence-corrected chi connectivity index (χ4v) is 4.36. The van der Waals surface area contributed by atoms with Crippen molar-refractivity contribution in [1.82, 2.24) is 4.90 Å². The molecule has 2 saturated carbocycles. The molecule has 2 unspecified atom stereocenters. The van der Waals surface area contributed by atoms with E-state index in [1.54, 1.807) is 0 Å². The fourth-order valence-electron chi connectivity index (χ4n) is 4.36.